The van der Waals surface area contributed by atoms with E-state index in [1.165, 1.54) is 0 Å². The van der Waals surface area contributed by atoms with Gasteiger partial charge in [0.25, 0.3) is 0 Å². The fourth-order valence-corrected chi connectivity index (χ4v) is 3.36. The Bertz CT molecular complexity index is 878. The summed E-state index contributed by atoms with van der Waals surface area (Å²) in [6.07, 6.45) is 0.386. The second-order valence-electron chi connectivity index (χ2n) is 6.87. The summed E-state index contributed by atoms with van der Waals surface area (Å²) < 4.78 is 0. The number of rotatable bonds is 6. The van der Waals surface area contributed by atoms with E-state index in [0.717, 1.165) is 16.7 Å². The molecule has 0 spiro atoms. The molecule has 2 aromatic rings. The van der Waals surface area contributed by atoms with Gasteiger partial charge in [-0.25, -0.2) is 0 Å². The van der Waals surface area contributed by atoms with E-state index < -0.39 is 17.8 Å². The quantitative estimate of drug-likeness (QED) is 0.732. The van der Waals surface area contributed by atoms with Gasteiger partial charge in [0.1, 0.15) is 0 Å². The molecule has 140 valence electrons. The van der Waals surface area contributed by atoms with Gasteiger partial charge in [-0.05, 0) is 30.5 Å². The van der Waals surface area contributed by atoms with Crippen LogP contribution < -0.4 is 10.6 Å². The summed E-state index contributed by atoms with van der Waals surface area (Å²) in [4.78, 5) is 36.1. The topological polar surface area (TPSA) is 95.5 Å². The molecule has 0 saturated carbocycles. The number of nitrogens with one attached hydrogen (secondary N) is 2. The zero-order valence-electron chi connectivity index (χ0n) is 15.1. The first-order valence-electron chi connectivity index (χ1n) is 8.89. The second-order valence-corrected chi connectivity index (χ2v) is 6.87. The van der Waals surface area contributed by atoms with Crippen molar-refractivity contribution in [1.29, 1.82) is 0 Å². The Morgan fingerprint density at radius 1 is 1.22 bits per heavy atom. The number of fused-ring (bicyclic) bond motifs is 1. The van der Waals surface area contributed by atoms with Gasteiger partial charge in [0.2, 0.25) is 11.8 Å². The molecule has 3 N–H and O–H groups in total. The van der Waals surface area contributed by atoms with E-state index in [9.17, 15) is 19.5 Å². The molecular weight excluding hydrogens is 344 g/mol. The molecule has 0 saturated heterocycles. The number of benzene rings is 2. The first-order valence-corrected chi connectivity index (χ1v) is 8.89. The lowest BCUT2D eigenvalue weighted by atomic mass is 9.89. The summed E-state index contributed by atoms with van der Waals surface area (Å²) in [5, 5.41) is 15.0. The van der Waals surface area contributed by atoms with Crippen molar-refractivity contribution < 1.29 is 19.5 Å². The van der Waals surface area contributed by atoms with Crippen molar-refractivity contribution in [1.82, 2.24) is 5.32 Å². The number of aryl methyl sites for hydroxylation is 1. The van der Waals surface area contributed by atoms with Crippen LogP contribution in [0.3, 0.4) is 0 Å². The van der Waals surface area contributed by atoms with Crippen molar-refractivity contribution in [3.63, 3.8) is 0 Å². The Labute approximate surface area is 157 Å². The standard InChI is InChI=1S/C21H22N2O4/c1-13-5-4-6-14(9-13)10-15(21(26)27)12-22-20(25)17-11-19(24)23-18-8-3-2-7-16(17)18/h2-9,15,17H,10-12H2,1H3,(H,22,25)(H,23,24)(H,26,27)/t15-,17-/m0/s1. The van der Waals surface area contributed by atoms with Gasteiger partial charge in [0.05, 0.1) is 11.8 Å². The molecule has 2 atom stereocenters. The number of carboxylic acid groups (broad SMARTS) is 1. The van der Waals surface area contributed by atoms with E-state index in [1.807, 2.05) is 37.3 Å². The number of hydrogen-bond acceptors (Lipinski definition) is 3. The largest absolute Gasteiger partial charge is 0.481 e. The molecule has 1 aliphatic heterocycles. The number of hydrogen-bond donors (Lipinski definition) is 3. The van der Waals surface area contributed by atoms with Crippen LogP contribution in [0.25, 0.3) is 0 Å². The highest BCUT2D eigenvalue weighted by molar-refractivity contribution is 6.01. The summed E-state index contributed by atoms with van der Waals surface area (Å²) in [5.74, 6) is -2.85. The predicted octanol–water partition coefficient (Wildman–Crippen LogP) is 2.48. The monoisotopic (exact) mass is 366 g/mol. The number of amides is 2. The summed E-state index contributed by atoms with van der Waals surface area (Å²) in [7, 11) is 0. The maximum Gasteiger partial charge on any atom is 0.308 e. The molecular formula is C21H22N2O4. The van der Waals surface area contributed by atoms with Gasteiger partial charge < -0.3 is 15.7 Å². The van der Waals surface area contributed by atoms with Crippen molar-refractivity contribution in [2.45, 2.75) is 25.7 Å². The summed E-state index contributed by atoms with van der Waals surface area (Å²) >= 11 is 0. The minimum atomic E-state index is -0.960. The molecule has 0 aliphatic carbocycles. The van der Waals surface area contributed by atoms with Crippen molar-refractivity contribution in [3.05, 3.63) is 65.2 Å². The normalized spacial score (nSPS) is 16.8. The lowest BCUT2D eigenvalue weighted by molar-refractivity contribution is -0.141. The van der Waals surface area contributed by atoms with E-state index in [-0.39, 0.29) is 24.8 Å². The number of carbonyl (C=O) groups excluding carboxylic acids is 2. The summed E-state index contributed by atoms with van der Waals surface area (Å²) in [5.41, 5.74) is 3.35. The maximum atomic E-state index is 12.7. The van der Waals surface area contributed by atoms with E-state index >= 15 is 0 Å². The lowest BCUT2D eigenvalue weighted by Gasteiger charge is -2.25. The minimum Gasteiger partial charge on any atom is -0.481 e. The molecule has 0 bridgehead atoms. The predicted molar refractivity (Wildman–Crippen MR) is 101 cm³/mol. The average molecular weight is 366 g/mol. The Kier molecular flexibility index (Phi) is 5.54. The molecule has 3 rings (SSSR count). The van der Waals surface area contributed by atoms with Crippen LogP contribution in [0.15, 0.2) is 48.5 Å². The first kappa shape index (κ1) is 18.6. The molecule has 0 radical (unpaired) electrons. The Hall–Kier alpha value is -3.15. The molecule has 0 fully saturated rings. The minimum absolute atomic E-state index is 0.0163. The third-order valence-corrected chi connectivity index (χ3v) is 4.75. The highest BCUT2D eigenvalue weighted by Crippen LogP contribution is 2.32. The van der Waals surface area contributed by atoms with Gasteiger partial charge in [0.15, 0.2) is 0 Å². The zero-order valence-corrected chi connectivity index (χ0v) is 15.1. The van der Waals surface area contributed by atoms with Crippen LogP contribution in [-0.4, -0.2) is 29.4 Å². The van der Waals surface area contributed by atoms with Crippen LogP contribution >= 0.6 is 0 Å². The molecule has 6 heteroatoms. The third kappa shape index (κ3) is 4.53. The molecule has 27 heavy (non-hydrogen) atoms. The Morgan fingerprint density at radius 3 is 2.74 bits per heavy atom. The fourth-order valence-electron chi connectivity index (χ4n) is 3.36. The summed E-state index contributed by atoms with van der Waals surface area (Å²) in [6, 6.07) is 14.8. The van der Waals surface area contributed by atoms with Crippen molar-refractivity contribution in [2.24, 2.45) is 5.92 Å². The number of carboxylic acids is 1. The second kappa shape index (κ2) is 8.03. The first-order chi connectivity index (χ1) is 12.9. The van der Waals surface area contributed by atoms with Crippen molar-refractivity contribution in [2.75, 3.05) is 11.9 Å². The molecule has 6 nitrogen and oxygen atoms in total. The highest BCUT2D eigenvalue weighted by Gasteiger charge is 2.31. The molecule has 1 heterocycles. The molecule has 2 amide bonds. The van der Waals surface area contributed by atoms with E-state index in [1.54, 1.807) is 18.2 Å². The van der Waals surface area contributed by atoms with Crippen LogP contribution in [0.1, 0.15) is 29.0 Å². The van der Waals surface area contributed by atoms with Crippen molar-refractivity contribution in [3.8, 4) is 0 Å². The van der Waals surface area contributed by atoms with Gasteiger partial charge in [-0.3, -0.25) is 14.4 Å². The molecule has 0 unspecified atom stereocenters. The van der Waals surface area contributed by atoms with Crippen LogP contribution in [0.4, 0.5) is 5.69 Å². The van der Waals surface area contributed by atoms with Crippen LogP contribution in [-0.2, 0) is 20.8 Å². The summed E-state index contributed by atoms with van der Waals surface area (Å²) in [6.45, 7) is 1.97. The zero-order chi connectivity index (χ0) is 19.4. The van der Waals surface area contributed by atoms with Gasteiger partial charge in [0, 0.05) is 18.7 Å². The average Bonchev–Trinajstić information content (AvgIpc) is 2.64. The lowest BCUT2D eigenvalue weighted by Crippen LogP contribution is -2.39. The molecule has 0 aromatic heterocycles. The van der Waals surface area contributed by atoms with Crippen molar-refractivity contribution >= 4 is 23.5 Å². The smallest absolute Gasteiger partial charge is 0.308 e. The highest BCUT2D eigenvalue weighted by atomic mass is 16.4. The van der Waals surface area contributed by atoms with E-state index in [4.69, 9.17) is 0 Å². The molecule has 1 aliphatic rings. The number of para-hydroxylation sites is 1. The number of aliphatic carboxylic acids is 1. The molecule has 2 aromatic carbocycles. The van der Waals surface area contributed by atoms with Gasteiger partial charge in [-0.1, -0.05) is 48.0 Å². The van der Waals surface area contributed by atoms with Gasteiger partial charge in [-0.15, -0.1) is 0 Å². The SMILES string of the molecule is Cc1cccc(C[C@@H](CNC(=O)[C@H]2CC(=O)Nc3ccccc32)C(=O)O)c1. The fraction of sp³-hybridized carbons (Fsp3) is 0.286. The number of carbonyl (C=O) groups is 3. The third-order valence-electron chi connectivity index (χ3n) is 4.75. The Balaban J connectivity index is 1.68. The number of anilines is 1. The van der Waals surface area contributed by atoms with E-state index in [2.05, 4.69) is 10.6 Å². The van der Waals surface area contributed by atoms with E-state index in [0.29, 0.717) is 12.1 Å². The van der Waals surface area contributed by atoms with Gasteiger partial charge in [-0.2, -0.15) is 0 Å². The maximum absolute atomic E-state index is 12.7. The van der Waals surface area contributed by atoms with Crippen LogP contribution in [0.2, 0.25) is 0 Å². The van der Waals surface area contributed by atoms with Crippen LogP contribution in [0, 0.1) is 12.8 Å². The Morgan fingerprint density at radius 2 is 2.00 bits per heavy atom. The van der Waals surface area contributed by atoms with Gasteiger partial charge >= 0.3 is 5.97 Å². The van der Waals surface area contributed by atoms with Crippen LogP contribution in [0.5, 0.6) is 0 Å².